The lowest BCUT2D eigenvalue weighted by Gasteiger charge is -2.10. The van der Waals surface area contributed by atoms with Crippen LogP contribution in [-0.4, -0.2) is 21.4 Å². The Balaban J connectivity index is 1.51. The second kappa shape index (κ2) is 9.71. The van der Waals surface area contributed by atoms with Crippen molar-refractivity contribution in [2.24, 2.45) is 0 Å². The minimum atomic E-state index is -0.241. The number of hydrogen-bond donors (Lipinski definition) is 2. The zero-order valence-corrected chi connectivity index (χ0v) is 17.8. The first-order chi connectivity index (χ1) is 13.5. The molecule has 0 bridgehead atoms. The van der Waals surface area contributed by atoms with Gasteiger partial charge in [0.05, 0.1) is 5.25 Å². The smallest absolute Gasteiger partial charge is 0.233 e. The van der Waals surface area contributed by atoms with Crippen LogP contribution in [-0.2, 0) is 11.3 Å². The normalized spacial score (nSPS) is 12.0. The highest BCUT2D eigenvalue weighted by molar-refractivity contribution is 8.02. The SMILES string of the molecule is CC(Sc1nnc(Nc2ccc(C(C)C)cc2)s1)C(=O)NCc1ccccc1. The Morgan fingerprint density at radius 1 is 1.04 bits per heavy atom. The number of hydrogen-bond acceptors (Lipinski definition) is 6. The van der Waals surface area contributed by atoms with E-state index in [9.17, 15) is 4.79 Å². The number of nitrogens with one attached hydrogen (secondary N) is 2. The molecule has 0 saturated heterocycles. The first kappa shape index (κ1) is 20.4. The molecule has 28 heavy (non-hydrogen) atoms. The number of nitrogens with zero attached hydrogens (tertiary/aromatic N) is 2. The molecule has 0 aliphatic rings. The Kier molecular flexibility index (Phi) is 7.06. The van der Waals surface area contributed by atoms with Crippen LogP contribution in [0.15, 0.2) is 58.9 Å². The summed E-state index contributed by atoms with van der Waals surface area (Å²) in [5.41, 5.74) is 3.36. The molecule has 1 unspecified atom stereocenters. The number of aromatic nitrogens is 2. The van der Waals surface area contributed by atoms with Gasteiger partial charge in [0.2, 0.25) is 11.0 Å². The van der Waals surface area contributed by atoms with Crippen molar-refractivity contribution in [3.8, 4) is 0 Å². The van der Waals surface area contributed by atoms with Crippen LogP contribution >= 0.6 is 23.1 Å². The first-order valence-electron chi connectivity index (χ1n) is 9.20. The van der Waals surface area contributed by atoms with Gasteiger partial charge >= 0.3 is 0 Å². The van der Waals surface area contributed by atoms with Crippen LogP contribution < -0.4 is 10.6 Å². The molecule has 7 heteroatoms. The number of carbonyl (C=O) groups excluding carboxylic acids is 1. The van der Waals surface area contributed by atoms with Crippen molar-refractivity contribution in [1.82, 2.24) is 15.5 Å². The number of rotatable bonds is 8. The van der Waals surface area contributed by atoms with Crippen molar-refractivity contribution >= 4 is 39.8 Å². The molecule has 3 aromatic rings. The maximum absolute atomic E-state index is 12.3. The van der Waals surface area contributed by atoms with Crippen molar-refractivity contribution in [3.63, 3.8) is 0 Å². The predicted octanol–water partition coefficient (Wildman–Crippen LogP) is 5.20. The second-order valence-corrected chi connectivity index (χ2v) is 9.30. The van der Waals surface area contributed by atoms with Gasteiger partial charge in [-0.3, -0.25) is 4.79 Å². The van der Waals surface area contributed by atoms with Gasteiger partial charge in [-0.05, 0) is 36.1 Å². The van der Waals surface area contributed by atoms with Crippen LogP contribution in [0, 0.1) is 0 Å². The fraction of sp³-hybridized carbons (Fsp3) is 0.286. The van der Waals surface area contributed by atoms with E-state index >= 15 is 0 Å². The number of carbonyl (C=O) groups is 1. The zero-order chi connectivity index (χ0) is 19.9. The van der Waals surface area contributed by atoms with E-state index in [1.54, 1.807) is 0 Å². The highest BCUT2D eigenvalue weighted by atomic mass is 32.2. The monoisotopic (exact) mass is 412 g/mol. The maximum Gasteiger partial charge on any atom is 0.233 e. The average molecular weight is 413 g/mol. The minimum absolute atomic E-state index is 0.0113. The molecule has 5 nitrogen and oxygen atoms in total. The summed E-state index contributed by atoms with van der Waals surface area (Å²) in [5, 5.41) is 15.1. The molecule has 0 aliphatic heterocycles. The van der Waals surface area contributed by atoms with Gasteiger partial charge in [0.25, 0.3) is 0 Å². The first-order valence-corrected chi connectivity index (χ1v) is 10.9. The molecule has 0 aliphatic carbocycles. The van der Waals surface area contributed by atoms with Crippen LogP contribution in [0.5, 0.6) is 0 Å². The predicted molar refractivity (Wildman–Crippen MR) is 117 cm³/mol. The van der Waals surface area contributed by atoms with Gasteiger partial charge in [-0.15, -0.1) is 10.2 Å². The number of amides is 1. The van der Waals surface area contributed by atoms with Gasteiger partial charge in [0.15, 0.2) is 4.34 Å². The third kappa shape index (κ3) is 5.81. The summed E-state index contributed by atoms with van der Waals surface area (Å²) in [7, 11) is 0. The van der Waals surface area contributed by atoms with Crippen molar-refractivity contribution in [1.29, 1.82) is 0 Å². The molecule has 0 spiro atoms. The van der Waals surface area contributed by atoms with Crippen molar-refractivity contribution in [3.05, 3.63) is 65.7 Å². The lowest BCUT2D eigenvalue weighted by atomic mass is 10.0. The fourth-order valence-corrected chi connectivity index (χ4v) is 4.46. The standard InChI is InChI=1S/C21H24N4OS2/c1-14(2)17-9-11-18(12-10-17)23-20-24-25-21(28-20)27-15(3)19(26)22-13-16-7-5-4-6-8-16/h4-12,14-15H,13H2,1-3H3,(H,22,26)(H,23,24). The second-order valence-electron chi connectivity index (χ2n) is 6.74. The Bertz CT molecular complexity index is 894. The van der Waals surface area contributed by atoms with Gasteiger partial charge in [-0.1, -0.05) is 79.4 Å². The lowest BCUT2D eigenvalue weighted by Crippen LogP contribution is -2.30. The van der Waals surface area contributed by atoms with Crippen LogP contribution in [0.4, 0.5) is 10.8 Å². The Morgan fingerprint density at radius 3 is 2.43 bits per heavy atom. The molecule has 0 fully saturated rings. The lowest BCUT2D eigenvalue weighted by molar-refractivity contribution is -0.120. The van der Waals surface area contributed by atoms with Gasteiger partial charge < -0.3 is 10.6 Å². The number of benzene rings is 2. The molecule has 2 aromatic carbocycles. The number of thioether (sulfide) groups is 1. The molecule has 146 valence electrons. The van der Waals surface area contributed by atoms with Crippen molar-refractivity contribution in [2.75, 3.05) is 5.32 Å². The molecular weight excluding hydrogens is 388 g/mol. The average Bonchev–Trinajstić information content (AvgIpc) is 3.14. The fourth-order valence-electron chi connectivity index (χ4n) is 2.52. The van der Waals surface area contributed by atoms with E-state index in [2.05, 4.69) is 46.8 Å². The third-order valence-corrected chi connectivity index (χ3v) is 6.21. The maximum atomic E-state index is 12.3. The van der Waals surface area contributed by atoms with E-state index in [-0.39, 0.29) is 11.2 Å². The van der Waals surface area contributed by atoms with E-state index in [0.717, 1.165) is 20.7 Å². The molecule has 1 heterocycles. The molecule has 0 radical (unpaired) electrons. The summed E-state index contributed by atoms with van der Waals surface area (Å²) in [6, 6.07) is 18.2. The summed E-state index contributed by atoms with van der Waals surface area (Å²) in [4.78, 5) is 12.3. The summed E-state index contributed by atoms with van der Waals surface area (Å²) >= 11 is 2.87. The van der Waals surface area contributed by atoms with Crippen LogP contribution in [0.2, 0.25) is 0 Å². The van der Waals surface area contributed by atoms with E-state index in [1.807, 2.05) is 49.4 Å². The quantitative estimate of drug-likeness (QED) is 0.498. The molecule has 1 aromatic heterocycles. The van der Waals surface area contributed by atoms with Crippen LogP contribution in [0.3, 0.4) is 0 Å². The third-order valence-electron chi connectivity index (χ3n) is 4.19. The highest BCUT2D eigenvalue weighted by Crippen LogP contribution is 2.30. The van der Waals surface area contributed by atoms with E-state index < -0.39 is 0 Å². The van der Waals surface area contributed by atoms with E-state index in [4.69, 9.17) is 0 Å². The Morgan fingerprint density at radius 2 is 1.75 bits per heavy atom. The molecule has 1 amide bonds. The van der Waals surface area contributed by atoms with Crippen molar-refractivity contribution in [2.45, 2.75) is 42.8 Å². The molecule has 2 N–H and O–H groups in total. The van der Waals surface area contributed by atoms with Gasteiger partial charge in [-0.2, -0.15) is 0 Å². The summed E-state index contributed by atoms with van der Waals surface area (Å²) in [6.07, 6.45) is 0. The molecule has 0 saturated carbocycles. The van der Waals surface area contributed by atoms with Gasteiger partial charge in [0, 0.05) is 12.2 Å². The summed E-state index contributed by atoms with van der Waals surface area (Å²) < 4.78 is 0.767. The molecule has 3 rings (SSSR count). The van der Waals surface area contributed by atoms with Crippen LogP contribution in [0.25, 0.3) is 0 Å². The summed E-state index contributed by atoms with van der Waals surface area (Å²) in [6.45, 7) is 6.76. The van der Waals surface area contributed by atoms with Gasteiger partial charge in [-0.25, -0.2) is 0 Å². The topological polar surface area (TPSA) is 66.9 Å². The molecular formula is C21H24N4OS2. The minimum Gasteiger partial charge on any atom is -0.351 e. The Labute approximate surface area is 174 Å². The highest BCUT2D eigenvalue weighted by Gasteiger charge is 2.17. The zero-order valence-electron chi connectivity index (χ0n) is 16.2. The van der Waals surface area contributed by atoms with E-state index in [1.165, 1.54) is 28.7 Å². The summed E-state index contributed by atoms with van der Waals surface area (Å²) in [5.74, 6) is 0.496. The van der Waals surface area contributed by atoms with Crippen LogP contribution in [0.1, 0.15) is 37.8 Å². The van der Waals surface area contributed by atoms with Crippen molar-refractivity contribution < 1.29 is 4.79 Å². The van der Waals surface area contributed by atoms with E-state index in [0.29, 0.717) is 12.5 Å². The number of anilines is 2. The molecule has 1 atom stereocenters. The Hall–Kier alpha value is -2.38. The van der Waals surface area contributed by atoms with Gasteiger partial charge in [0.1, 0.15) is 0 Å². The largest absolute Gasteiger partial charge is 0.351 e.